The quantitative estimate of drug-likeness (QED) is 0.685. The molecule has 3 aliphatic rings. The first-order valence-corrected chi connectivity index (χ1v) is 11.7. The predicted molar refractivity (Wildman–Crippen MR) is 134 cm³/mol. The van der Waals surface area contributed by atoms with E-state index in [2.05, 4.69) is 37.4 Å². The van der Waals surface area contributed by atoms with Crippen molar-refractivity contribution in [1.29, 1.82) is 0 Å². The molecule has 1 aromatic heterocycles. The van der Waals surface area contributed by atoms with Crippen LogP contribution in [0.2, 0.25) is 0 Å². The molecule has 1 unspecified atom stereocenters. The molecule has 1 aliphatic carbocycles. The third kappa shape index (κ3) is 4.72. The highest BCUT2D eigenvalue weighted by molar-refractivity contribution is 6.05. The van der Waals surface area contributed by atoms with Gasteiger partial charge in [-0.05, 0) is 50.5 Å². The van der Waals surface area contributed by atoms with Gasteiger partial charge in [-0.15, -0.1) is 0 Å². The Morgan fingerprint density at radius 1 is 1.26 bits per heavy atom. The summed E-state index contributed by atoms with van der Waals surface area (Å²) < 4.78 is 21.1. The highest BCUT2D eigenvalue weighted by atomic mass is 19.1. The summed E-state index contributed by atoms with van der Waals surface area (Å²) in [5.41, 5.74) is 3.81. The van der Waals surface area contributed by atoms with Crippen LogP contribution in [-0.4, -0.2) is 48.0 Å². The summed E-state index contributed by atoms with van der Waals surface area (Å²) in [4.78, 5) is 15.9. The van der Waals surface area contributed by atoms with E-state index in [0.717, 1.165) is 54.4 Å². The lowest BCUT2D eigenvalue weighted by molar-refractivity contribution is 0.409. The molecule has 2 N–H and O–H groups in total. The maximum Gasteiger partial charge on any atom is 0.326 e. The Labute approximate surface area is 199 Å². The van der Waals surface area contributed by atoms with Crippen LogP contribution in [0.4, 0.5) is 16.0 Å². The first-order chi connectivity index (χ1) is 16.5. The van der Waals surface area contributed by atoms with E-state index in [-0.39, 0.29) is 17.6 Å². The fraction of sp³-hybridized carbons (Fsp3) is 0.346. The van der Waals surface area contributed by atoms with Gasteiger partial charge in [0.25, 0.3) is 0 Å². The Bertz CT molecular complexity index is 1230. The summed E-state index contributed by atoms with van der Waals surface area (Å²) in [7, 11) is 0. The van der Waals surface area contributed by atoms with Crippen LogP contribution in [0.5, 0.6) is 11.8 Å². The Balaban J connectivity index is 1.46. The number of benzene rings is 1. The summed E-state index contributed by atoms with van der Waals surface area (Å²) in [5, 5.41) is 6.71. The van der Waals surface area contributed by atoms with E-state index in [4.69, 9.17) is 4.74 Å². The summed E-state index contributed by atoms with van der Waals surface area (Å²) in [6, 6.07) is 5.88. The average Bonchev–Trinajstić information content (AvgIpc) is 3.42. The molecular formula is C26H29FN6O. The third-order valence-corrected chi connectivity index (χ3v) is 6.07. The molecule has 0 saturated carbocycles. The number of allylic oxidation sites excluding steroid dienone is 2. The fourth-order valence-corrected chi connectivity index (χ4v) is 4.49. The predicted octanol–water partition coefficient (Wildman–Crippen LogP) is 4.49. The van der Waals surface area contributed by atoms with Crippen LogP contribution in [0.15, 0.2) is 52.6 Å². The van der Waals surface area contributed by atoms with Crippen LogP contribution in [0.3, 0.4) is 0 Å². The number of hydrogen-bond acceptors (Lipinski definition) is 7. The minimum Gasteiger partial charge on any atom is -0.421 e. The molecule has 34 heavy (non-hydrogen) atoms. The molecule has 3 heterocycles. The van der Waals surface area contributed by atoms with Crippen LogP contribution < -0.4 is 20.3 Å². The SMILES string of the molecule is C/C=C/C1=CC(Nc2cc(N3CCNC(C)C3)nc(Oc3ccc4c(c3F)C=C(C)C4)n2)=NC1. The zero-order valence-corrected chi connectivity index (χ0v) is 19.7. The number of nitrogens with one attached hydrogen (secondary N) is 2. The van der Waals surface area contributed by atoms with Gasteiger partial charge in [-0.1, -0.05) is 29.9 Å². The Morgan fingerprint density at radius 3 is 2.97 bits per heavy atom. The first kappa shape index (κ1) is 22.3. The monoisotopic (exact) mass is 460 g/mol. The summed E-state index contributed by atoms with van der Waals surface area (Å²) in [6.45, 7) is 9.22. The minimum atomic E-state index is -0.382. The molecule has 1 atom stereocenters. The summed E-state index contributed by atoms with van der Waals surface area (Å²) >= 11 is 0. The molecule has 1 fully saturated rings. The minimum absolute atomic E-state index is 0.0972. The number of aliphatic imine (C=N–C) groups is 1. The van der Waals surface area contributed by atoms with Crippen molar-refractivity contribution < 1.29 is 9.13 Å². The highest BCUT2D eigenvalue weighted by Gasteiger charge is 2.22. The highest BCUT2D eigenvalue weighted by Crippen LogP contribution is 2.34. The zero-order valence-electron chi connectivity index (χ0n) is 19.7. The number of piperazine rings is 1. The molecule has 8 heteroatoms. The standard InChI is InChI=1S/C26H29FN6O/c1-4-5-18-12-22(29-14-18)30-23-13-24(33-9-8-28-17(3)15-33)32-26(31-23)34-21-7-6-19-10-16(2)11-20(19)25(21)27/h4-7,11-13,17,28H,8-10,14-15H2,1-3H3,(H,29,30,31,32)/b5-4+. The normalized spacial score (nSPS) is 19.7. The van der Waals surface area contributed by atoms with Crippen LogP contribution in [0.25, 0.3) is 6.08 Å². The maximum absolute atomic E-state index is 15.2. The van der Waals surface area contributed by atoms with Gasteiger partial charge in [-0.25, -0.2) is 4.39 Å². The topological polar surface area (TPSA) is 74.7 Å². The van der Waals surface area contributed by atoms with Crippen molar-refractivity contribution in [2.75, 3.05) is 36.4 Å². The van der Waals surface area contributed by atoms with Gasteiger partial charge in [0.2, 0.25) is 0 Å². The van der Waals surface area contributed by atoms with Crippen molar-refractivity contribution >= 4 is 23.5 Å². The molecule has 2 aromatic rings. The number of aromatic nitrogens is 2. The molecule has 7 nitrogen and oxygen atoms in total. The molecule has 0 spiro atoms. The Kier molecular flexibility index (Phi) is 6.15. The third-order valence-electron chi connectivity index (χ3n) is 6.07. The molecule has 1 aromatic carbocycles. The van der Waals surface area contributed by atoms with Gasteiger partial charge in [-0.2, -0.15) is 9.97 Å². The molecule has 1 saturated heterocycles. The van der Waals surface area contributed by atoms with E-state index < -0.39 is 0 Å². The van der Waals surface area contributed by atoms with Gasteiger partial charge in [0.15, 0.2) is 11.6 Å². The van der Waals surface area contributed by atoms with Gasteiger partial charge in [0.1, 0.15) is 17.5 Å². The van der Waals surface area contributed by atoms with E-state index in [1.165, 1.54) is 0 Å². The average molecular weight is 461 g/mol. The molecular weight excluding hydrogens is 431 g/mol. The van der Waals surface area contributed by atoms with Gasteiger partial charge < -0.3 is 20.3 Å². The van der Waals surface area contributed by atoms with Crippen LogP contribution >= 0.6 is 0 Å². The zero-order chi connectivity index (χ0) is 23.7. The number of fused-ring (bicyclic) bond motifs is 1. The van der Waals surface area contributed by atoms with Gasteiger partial charge in [-0.3, -0.25) is 4.99 Å². The van der Waals surface area contributed by atoms with Crippen molar-refractivity contribution in [2.24, 2.45) is 4.99 Å². The number of nitrogens with zero attached hydrogens (tertiary/aromatic N) is 4. The number of rotatable bonds is 5. The smallest absolute Gasteiger partial charge is 0.326 e. The second-order valence-corrected chi connectivity index (χ2v) is 8.96. The van der Waals surface area contributed by atoms with E-state index in [1.54, 1.807) is 6.07 Å². The van der Waals surface area contributed by atoms with Crippen LogP contribution in [0, 0.1) is 5.82 Å². The second kappa shape index (κ2) is 9.38. The van der Waals surface area contributed by atoms with Crippen molar-refractivity contribution in [1.82, 2.24) is 15.3 Å². The van der Waals surface area contributed by atoms with Crippen molar-refractivity contribution in [3.8, 4) is 11.8 Å². The summed E-state index contributed by atoms with van der Waals surface area (Å²) in [5.74, 6) is 1.75. The molecule has 2 aliphatic heterocycles. The second-order valence-electron chi connectivity index (χ2n) is 8.96. The fourth-order valence-electron chi connectivity index (χ4n) is 4.49. The molecule has 176 valence electrons. The lowest BCUT2D eigenvalue weighted by Crippen LogP contribution is -2.49. The number of amidine groups is 1. The Morgan fingerprint density at radius 2 is 2.15 bits per heavy atom. The number of ether oxygens (including phenoxy) is 1. The van der Waals surface area contributed by atoms with Crippen molar-refractivity contribution in [3.05, 3.63) is 64.5 Å². The van der Waals surface area contributed by atoms with E-state index >= 15 is 4.39 Å². The largest absolute Gasteiger partial charge is 0.421 e. The molecule has 0 radical (unpaired) electrons. The first-order valence-electron chi connectivity index (χ1n) is 11.7. The number of halogens is 1. The van der Waals surface area contributed by atoms with Crippen molar-refractivity contribution in [2.45, 2.75) is 33.2 Å². The lowest BCUT2D eigenvalue weighted by atomic mass is 10.1. The maximum atomic E-state index is 15.2. The van der Waals surface area contributed by atoms with E-state index in [0.29, 0.717) is 24.0 Å². The molecule has 5 rings (SSSR count). The summed E-state index contributed by atoms with van der Waals surface area (Å²) in [6.07, 6.45) is 8.65. The van der Waals surface area contributed by atoms with Gasteiger partial charge in [0.05, 0.1) is 6.54 Å². The van der Waals surface area contributed by atoms with Crippen LogP contribution in [0.1, 0.15) is 31.9 Å². The van der Waals surface area contributed by atoms with Gasteiger partial charge >= 0.3 is 6.01 Å². The van der Waals surface area contributed by atoms with Crippen LogP contribution in [-0.2, 0) is 6.42 Å². The number of hydrogen-bond donors (Lipinski definition) is 2. The molecule has 0 bridgehead atoms. The Hall–Kier alpha value is -3.52. The lowest BCUT2D eigenvalue weighted by Gasteiger charge is -2.32. The van der Waals surface area contributed by atoms with Crippen molar-refractivity contribution in [3.63, 3.8) is 0 Å². The number of anilines is 2. The van der Waals surface area contributed by atoms with E-state index in [9.17, 15) is 0 Å². The molecule has 0 amide bonds. The van der Waals surface area contributed by atoms with E-state index in [1.807, 2.05) is 50.3 Å². The van der Waals surface area contributed by atoms with Gasteiger partial charge in [0, 0.05) is 37.3 Å².